The van der Waals surface area contributed by atoms with Gasteiger partial charge in [0.15, 0.2) is 0 Å². The summed E-state index contributed by atoms with van der Waals surface area (Å²) in [4.78, 5) is 4.58. The van der Waals surface area contributed by atoms with Crippen molar-refractivity contribution in [3.8, 4) is 0 Å². The van der Waals surface area contributed by atoms with Crippen LogP contribution in [0, 0.1) is 5.92 Å². The lowest BCUT2D eigenvalue weighted by molar-refractivity contribution is 0.164. The Labute approximate surface area is 101 Å². The number of hydrogen-bond acceptors (Lipinski definition) is 4. The van der Waals surface area contributed by atoms with Gasteiger partial charge in [0.25, 0.3) is 0 Å². The molecular weight excluding hydrogens is 222 g/mol. The van der Waals surface area contributed by atoms with Gasteiger partial charge in [-0.15, -0.1) is 0 Å². The first-order chi connectivity index (χ1) is 7.63. The molecule has 3 N–H and O–H groups in total. The SMILES string of the molecule is COCC(C)CNc1ccc(C(N)=S)cn1. The molecule has 0 radical (unpaired) electrons. The number of ether oxygens (including phenoxy) is 1. The molecule has 4 nitrogen and oxygen atoms in total. The second-order valence-corrected chi connectivity index (χ2v) is 4.18. The van der Waals surface area contributed by atoms with E-state index >= 15 is 0 Å². The van der Waals surface area contributed by atoms with Crippen LogP contribution in [0.2, 0.25) is 0 Å². The number of nitrogens with two attached hydrogens (primary N) is 1. The molecule has 1 unspecified atom stereocenters. The summed E-state index contributed by atoms with van der Waals surface area (Å²) in [6.07, 6.45) is 1.67. The minimum atomic E-state index is 0.367. The van der Waals surface area contributed by atoms with Gasteiger partial charge in [0.2, 0.25) is 0 Å². The molecule has 0 saturated heterocycles. The Balaban J connectivity index is 2.46. The monoisotopic (exact) mass is 239 g/mol. The molecule has 0 aliphatic heterocycles. The summed E-state index contributed by atoms with van der Waals surface area (Å²) >= 11 is 4.85. The summed E-state index contributed by atoms with van der Waals surface area (Å²) in [7, 11) is 1.70. The van der Waals surface area contributed by atoms with Crippen LogP contribution in [-0.4, -0.2) is 30.2 Å². The molecule has 0 fully saturated rings. The Hall–Kier alpha value is -1.20. The zero-order chi connectivity index (χ0) is 12.0. The van der Waals surface area contributed by atoms with Crippen LogP contribution in [0.5, 0.6) is 0 Å². The van der Waals surface area contributed by atoms with Crippen molar-refractivity contribution in [2.24, 2.45) is 11.7 Å². The van der Waals surface area contributed by atoms with Crippen molar-refractivity contribution in [2.75, 3.05) is 25.6 Å². The van der Waals surface area contributed by atoms with Gasteiger partial charge in [-0.2, -0.15) is 0 Å². The third-order valence-electron chi connectivity index (χ3n) is 2.13. The number of nitrogens with zero attached hydrogens (tertiary/aromatic N) is 1. The van der Waals surface area contributed by atoms with Crippen molar-refractivity contribution in [1.82, 2.24) is 4.98 Å². The first-order valence-electron chi connectivity index (χ1n) is 5.12. The Bertz CT molecular complexity index is 340. The van der Waals surface area contributed by atoms with Gasteiger partial charge >= 0.3 is 0 Å². The molecule has 0 amide bonds. The number of nitrogens with one attached hydrogen (secondary N) is 1. The summed E-state index contributed by atoms with van der Waals surface area (Å²) < 4.78 is 5.05. The molecule has 88 valence electrons. The van der Waals surface area contributed by atoms with Crippen LogP contribution < -0.4 is 11.1 Å². The van der Waals surface area contributed by atoms with Crippen LogP contribution in [0.15, 0.2) is 18.3 Å². The van der Waals surface area contributed by atoms with Crippen molar-refractivity contribution in [3.63, 3.8) is 0 Å². The van der Waals surface area contributed by atoms with Crippen LogP contribution in [0.4, 0.5) is 5.82 Å². The predicted molar refractivity (Wildman–Crippen MR) is 69.7 cm³/mol. The first-order valence-corrected chi connectivity index (χ1v) is 5.53. The number of methoxy groups -OCH3 is 1. The van der Waals surface area contributed by atoms with Gasteiger partial charge in [0.1, 0.15) is 10.8 Å². The highest BCUT2D eigenvalue weighted by molar-refractivity contribution is 7.80. The predicted octanol–water partition coefficient (Wildman–Crippen LogP) is 1.41. The highest BCUT2D eigenvalue weighted by atomic mass is 32.1. The fourth-order valence-electron chi connectivity index (χ4n) is 1.27. The Morgan fingerprint density at radius 1 is 1.62 bits per heavy atom. The molecule has 0 spiro atoms. The molecule has 5 heteroatoms. The van der Waals surface area contributed by atoms with E-state index in [2.05, 4.69) is 17.2 Å². The normalized spacial score (nSPS) is 12.1. The van der Waals surface area contributed by atoms with Crippen LogP contribution in [0.25, 0.3) is 0 Å². The molecule has 0 bridgehead atoms. The van der Waals surface area contributed by atoms with Crippen molar-refractivity contribution in [2.45, 2.75) is 6.92 Å². The highest BCUT2D eigenvalue weighted by Crippen LogP contribution is 2.06. The van der Waals surface area contributed by atoms with Gasteiger partial charge in [0.05, 0.1) is 6.61 Å². The average Bonchev–Trinajstić information content (AvgIpc) is 2.27. The minimum Gasteiger partial charge on any atom is -0.389 e. The molecule has 16 heavy (non-hydrogen) atoms. The molecule has 0 aromatic carbocycles. The molecular formula is C11H17N3OS. The molecule has 1 heterocycles. The summed E-state index contributed by atoms with van der Waals surface area (Å²) in [5, 5.41) is 3.22. The van der Waals surface area contributed by atoms with E-state index in [0.29, 0.717) is 10.9 Å². The van der Waals surface area contributed by atoms with Crippen molar-refractivity contribution in [3.05, 3.63) is 23.9 Å². The van der Waals surface area contributed by atoms with E-state index < -0.39 is 0 Å². The summed E-state index contributed by atoms with van der Waals surface area (Å²) in [5.74, 6) is 1.27. The van der Waals surface area contributed by atoms with E-state index in [1.807, 2.05) is 12.1 Å². The quantitative estimate of drug-likeness (QED) is 0.735. The fraction of sp³-hybridized carbons (Fsp3) is 0.455. The van der Waals surface area contributed by atoms with Crippen LogP contribution in [0.1, 0.15) is 12.5 Å². The molecule has 1 rings (SSSR count). The second kappa shape index (κ2) is 6.40. The van der Waals surface area contributed by atoms with Gasteiger partial charge in [-0.25, -0.2) is 4.98 Å². The average molecular weight is 239 g/mol. The standard InChI is InChI=1S/C11H17N3OS/c1-8(7-15-2)5-13-10-4-3-9(6-14-10)11(12)16/h3-4,6,8H,5,7H2,1-2H3,(H2,12,16)(H,13,14). The van der Waals surface area contributed by atoms with E-state index in [-0.39, 0.29) is 0 Å². The number of rotatable bonds is 6. The van der Waals surface area contributed by atoms with Crippen molar-refractivity contribution < 1.29 is 4.74 Å². The van der Waals surface area contributed by atoms with Gasteiger partial charge in [-0.3, -0.25) is 0 Å². The van der Waals surface area contributed by atoms with Crippen molar-refractivity contribution >= 4 is 23.0 Å². The van der Waals surface area contributed by atoms with E-state index in [1.54, 1.807) is 13.3 Å². The zero-order valence-electron chi connectivity index (χ0n) is 9.56. The lowest BCUT2D eigenvalue weighted by Crippen LogP contribution is -2.16. The number of thiocarbonyl (C=S) groups is 1. The van der Waals surface area contributed by atoms with Gasteiger partial charge in [0, 0.05) is 25.4 Å². The second-order valence-electron chi connectivity index (χ2n) is 3.74. The number of aromatic nitrogens is 1. The molecule has 0 aliphatic carbocycles. The Morgan fingerprint density at radius 3 is 2.88 bits per heavy atom. The Morgan fingerprint density at radius 2 is 2.38 bits per heavy atom. The maximum atomic E-state index is 5.48. The van der Waals surface area contributed by atoms with Crippen LogP contribution in [-0.2, 0) is 4.74 Å². The van der Waals surface area contributed by atoms with E-state index in [0.717, 1.165) is 24.5 Å². The van der Waals surface area contributed by atoms with Crippen LogP contribution >= 0.6 is 12.2 Å². The minimum absolute atomic E-state index is 0.367. The summed E-state index contributed by atoms with van der Waals surface area (Å²) in [5.41, 5.74) is 6.26. The maximum Gasteiger partial charge on any atom is 0.125 e. The van der Waals surface area contributed by atoms with Crippen molar-refractivity contribution in [1.29, 1.82) is 0 Å². The number of hydrogen-bond donors (Lipinski definition) is 2. The summed E-state index contributed by atoms with van der Waals surface area (Å²) in [6.45, 7) is 3.67. The lowest BCUT2D eigenvalue weighted by Gasteiger charge is -2.11. The highest BCUT2D eigenvalue weighted by Gasteiger charge is 2.02. The molecule has 1 aromatic heterocycles. The van der Waals surface area contributed by atoms with E-state index in [1.165, 1.54) is 0 Å². The smallest absolute Gasteiger partial charge is 0.125 e. The third kappa shape index (κ3) is 4.12. The molecule has 0 saturated carbocycles. The van der Waals surface area contributed by atoms with Gasteiger partial charge < -0.3 is 15.8 Å². The molecule has 1 atom stereocenters. The third-order valence-corrected chi connectivity index (χ3v) is 2.37. The number of anilines is 1. The van der Waals surface area contributed by atoms with E-state index in [9.17, 15) is 0 Å². The molecule has 1 aromatic rings. The van der Waals surface area contributed by atoms with E-state index in [4.69, 9.17) is 22.7 Å². The molecule has 0 aliphatic rings. The Kier molecular flexibility index (Phi) is 5.14. The first kappa shape index (κ1) is 12.9. The largest absolute Gasteiger partial charge is 0.389 e. The van der Waals surface area contributed by atoms with Gasteiger partial charge in [-0.1, -0.05) is 19.1 Å². The zero-order valence-corrected chi connectivity index (χ0v) is 10.4. The topological polar surface area (TPSA) is 60.2 Å². The maximum absolute atomic E-state index is 5.48. The lowest BCUT2D eigenvalue weighted by atomic mass is 10.2. The van der Waals surface area contributed by atoms with Crippen LogP contribution in [0.3, 0.4) is 0 Å². The van der Waals surface area contributed by atoms with Gasteiger partial charge in [-0.05, 0) is 18.1 Å². The number of pyridine rings is 1. The fourth-order valence-corrected chi connectivity index (χ4v) is 1.39. The summed E-state index contributed by atoms with van der Waals surface area (Å²) in [6, 6.07) is 3.73.